The van der Waals surface area contributed by atoms with Crippen molar-refractivity contribution in [2.24, 2.45) is 0 Å². The van der Waals surface area contributed by atoms with Crippen LogP contribution >= 0.6 is 11.8 Å². The van der Waals surface area contributed by atoms with Crippen LogP contribution in [0.5, 0.6) is 0 Å². The third-order valence-corrected chi connectivity index (χ3v) is 5.87. The smallest absolute Gasteiger partial charge is 0.236 e. The highest BCUT2D eigenvalue weighted by atomic mass is 32.2. The third-order valence-electron chi connectivity index (χ3n) is 4.72. The molecule has 0 radical (unpaired) electrons. The van der Waals surface area contributed by atoms with E-state index in [1.54, 1.807) is 0 Å². The highest BCUT2D eigenvalue weighted by molar-refractivity contribution is 7.99. The largest absolute Gasteiger partial charge is 0.393 e. The van der Waals surface area contributed by atoms with Gasteiger partial charge in [0.2, 0.25) is 5.91 Å². The number of hydrogen-bond acceptors (Lipinski definition) is 4. The molecule has 0 aromatic rings. The van der Waals surface area contributed by atoms with Gasteiger partial charge >= 0.3 is 0 Å². The summed E-state index contributed by atoms with van der Waals surface area (Å²) in [5.74, 6) is 2.63. The standard InChI is InChI=1S/C16H30N2O2S/c1-13(19)10-14-6-4-3-5-8-18(14)16(20)11-17(2)15-7-9-21-12-15/h13-15,19H,3-12H2,1-2H3/t13-,14-,15-/m0/s1. The molecule has 0 aromatic carbocycles. The Kier molecular flexibility index (Phi) is 6.83. The molecule has 0 bridgehead atoms. The number of hydrogen-bond donors (Lipinski definition) is 1. The van der Waals surface area contributed by atoms with Crippen LogP contribution in [0.1, 0.15) is 45.4 Å². The minimum atomic E-state index is -0.327. The molecular weight excluding hydrogens is 284 g/mol. The molecule has 0 spiro atoms. The highest BCUT2D eigenvalue weighted by Crippen LogP contribution is 2.23. The zero-order chi connectivity index (χ0) is 15.2. The number of thioether (sulfide) groups is 1. The van der Waals surface area contributed by atoms with Crippen molar-refractivity contribution in [3.8, 4) is 0 Å². The first-order valence-corrected chi connectivity index (χ1v) is 9.49. The van der Waals surface area contributed by atoms with E-state index in [1.165, 1.54) is 25.0 Å². The summed E-state index contributed by atoms with van der Waals surface area (Å²) in [5, 5.41) is 9.70. The fraction of sp³-hybridized carbons (Fsp3) is 0.938. The molecule has 1 amide bonds. The molecule has 2 rings (SSSR count). The van der Waals surface area contributed by atoms with E-state index in [0.717, 1.165) is 25.1 Å². The predicted molar refractivity (Wildman–Crippen MR) is 88.6 cm³/mol. The first-order chi connectivity index (χ1) is 10.1. The van der Waals surface area contributed by atoms with Crippen LogP contribution in [0.3, 0.4) is 0 Å². The van der Waals surface area contributed by atoms with Crippen LogP contribution in [0, 0.1) is 0 Å². The Morgan fingerprint density at radius 3 is 2.86 bits per heavy atom. The van der Waals surface area contributed by atoms with E-state index in [4.69, 9.17) is 0 Å². The first-order valence-electron chi connectivity index (χ1n) is 8.33. The zero-order valence-electron chi connectivity index (χ0n) is 13.5. The van der Waals surface area contributed by atoms with Gasteiger partial charge in [0.25, 0.3) is 0 Å². The lowest BCUT2D eigenvalue weighted by Crippen LogP contribution is -2.47. The van der Waals surface area contributed by atoms with Crippen molar-refractivity contribution in [3.05, 3.63) is 0 Å². The lowest BCUT2D eigenvalue weighted by atomic mass is 10.0. The van der Waals surface area contributed by atoms with Gasteiger partial charge in [0.05, 0.1) is 12.6 Å². The second-order valence-electron chi connectivity index (χ2n) is 6.61. The van der Waals surface area contributed by atoms with Gasteiger partial charge in [-0.05, 0) is 45.4 Å². The number of nitrogens with zero attached hydrogens (tertiary/aromatic N) is 2. The van der Waals surface area contributed by atoms with E-state index in [1.807, 2.05) is 18.7 Å². The maximum absolute atomic E-state index is 12.7. The Hall–Kier alpha value is -0.260. The summed E-state index contributed by atoms with van der Waals surface area (Å²) in [7, 11) is 2.08. The summed E-state index contributed by atoms with van der Waals surface area (Å²) in [6.45, 7) is 3.22. The Morgan fingerprint density at radius 1 is 1.38 bits per heavy atom. The van der Waals surface area contributed by atoms with Crippen molar-refractivity contribution < 1.29 is 9.90 Å². The van der Waals surface area contributed by atoms with E-state index in [9.17, 15) is 9.90 Å². The molecule has 2 heterocycles. The zero-order valence-corrected chi connectivity index (χ0v) is 14.3. The van der Waals surface area contributed by atoms with E-state index in [-0.39, 0.29) is 18.1 Å². The Bertz CT molecular complexity index is 332. The maximum Gasteiger partial charge on any atom is 0.236 e. The molecule has 4 nitrogen and oxygen atoms in total. The van der Waals surface area contributed by atoms with Crippen molar-refractivity contribution in [2.45, 2.75) is 63.6 Å². The predicted octanol–water partition coefficient (Wildman–Crippen LogP) is 1.97. The SMILES string of the molecule is C[C@H](O)C[C@@H]1CCCCCN1C(=O)CN(C)[C@H]1CCSC1. The molecule has 21 heavy (non-hydrogen) atoms. The summed E-state index contributed by atoms with van der Waals surface area (Å²) >= 11 is 1.99. The lowest BCUT2D eigenvalue weighted by molar-refractivity contribution is -0.135. The van der Waals surface area contributed by atoms with E-state index in [0.29, 0.717) is 19.0 Å². The van der Waals surface area contributed by atoms with Gasteiger partial charge in [-0.3, -0.25) is 9.69 Å². The second kappa shape index (κ2) is 8.39. The van der Waals surface area contributed by atoms with Gasteiger partial charge in [-0.25, -0.2) is 0 Å². The fourth-order valence-electron chi connectivity index (χ4n) is 3.45. The summed E-state index contributed by atoms with van der Waals surface area (Å²) in [6.07, 6.45) is 6.11. The fourth-order valence-corrected chi connectivity index (χ4v) is 4.75. The van der Waals surface area contributed by atoms with Crippen molar-refractivity contribution >= 4 is 17.7 Å². The number of aliphatic hydroxyl groups excluding tert-OH is 1. The Balaban J connectivity index is 1.92. The average Bonchev–Trinajstić information content (AvgIpc) is 2.86. The van der Waals surface area contributed by atoms with Crippen molar-refractivity contribution in [3.63, 3.8) is 0 Å². The molecule has 2 aliphatic rings. The van der Waals surface area contributed by atoms with Gasteiger partial charge in [0, 0.05) is 24.4 Å². The van der Waals surface area contributed by atoms with Gasteiger partial charge in [-0.2, -0.15) is 11.8 Å². The van der Waals surface area contributed by atoms with Crippen LogP contribution in [-0.2, 0) is 4.79 Å². The van der Waals surface area contributed by atoms with Crippen LogP contribution in [0.2, 0.25) is 0 Å². The molecule has 2 saturated heterocycles. The van der Waals surface area contributed by atoms with Gasteiger partial charge in [0.15, 0.2) is 0 Å². The summed E-state index contributed by atoms with van der Waals surface area (Å²) < 4.78 is 0. The summed E-state index contributed by atoms with van der Waals surface area (Å²) in [4.78, 5) is 17.0. The van der Waals surface area contributed by atoms with Gasteiger partial charge in [0.1, 0.15) is 0 Å². The van der Waals surface area contributed by atoms with E-state index < -0.39 is 0 Å². The molecule has 2 fully saturated rings. The quantitative estimate of drug-likeness (QED) is 0.842. The Labute approximate surface area is 133 Å². The van der Waals surface area contributed by atoms with Crippen LogP contribution in [0.4, 0.5) is 0 Å². The van der Waals surface area contributed by atoms with Crippen molar-refractivity contribution in [2.75, 3.05) is 31.6 Å². The Morgan fingerprint density at radius 2 is 2.19 bits per heavy atom. The molecule has 0 aromatic heterocycles. The number of likely N-dealkylation sites (N-methyl/N-ethyl adjacent to an activating group) is 1. The third kappa shape index (κ3) is 5.15. The average molecular weight is 314 g/mol. The number of carbonyl (C=O) groups is 1. The van der Waals surface area contributed by atoms with E-state index >= 15 is 0 Å². The van der Waals surface area contributed by atoms with Crippen LogP contribution < -0.4 is 0 Å². The van der Waals surface area contributed by atoms with Crippen LogP contribution in [-0.4, -0.2) is 70.6 Å². The van der Waals surface area contributed by atoms with Crippen LogP contribution in [0.25, 0.3) is 0 Å². The molecule has 0 unspecified atom stereocenters. The van der Waals surface area contributed by atoms with Crippen molar-refractivity contribution in [1.82, 2.24) is 9.80 Å². The molecule has 5 heteroatoms. The molecule has 2 aliphatic heterocycles. The summed E-state index contributed by atoms with van der Waals surface area (Å²) in [6, 6.07) is 0.785. The monoisotopic (exact) mass is 314 g/mol. The molecular formula is C16H30N2O2S. The molecule has 0 saturated carbocycles. The lowest BCUT2D eigenvalue weighted by Gasteiger charge is -2.33. The molecule has 122 valence electrons. The number of carbonyl (C=O) groups excluding carboxylic acids is 1. The van der Waals surface area contributed by atoms with Gasteiger partial charge in [-0.15, -0.1) is 0 Å². The number of likely N-dealkylation sites (tertiary alicyclic amines) is 1. The topological polar surface area (TPSA) is 43.8 Å². The first kappa shape index (κ1) is 17.1. The number of aliphatic hydroxyl groups is 1. The normalized spacial score (nSPS) is 28.7. The molecule has 0 aliphatic carbocycles. The minimum absolute atomic E-state index is 0.228. The van der Waals surface area contributed by atoms with Gasteiger partial charge < -0.3 is 10.0 Å². The minimum Gasteiger partial charge on any atom is -0.393 e. The van der Waals surface area contributed by atoms with E-state index in [2.05, 4.69) is 16.8 Å². The maximum atomic E-state index is 12.7. The highest BCUT2D eigenvalue weighted by Gasteiger charge is 2.29. The second-order valence-corrected chi connectivity index (χ2v) is 7.76. The van der Waals surface area contributed by atoms with Crippen molar-refractivity contribution in [1.29, 1.82) is 0 Å². The number of rotatable bonds is 5. The van der Waals surface area contributed by atoms with Gasteiger partial charge in [-0.1, -0.05) is 12.8 Å². The molecule has 3 atom stereocenters. The molecule has 1 N–H and O–H groups in total. The van der Waals surface area contributed by atoms with Crippen LogP contribution in [0.15, 0.2) is 0 Å². The summed E-state index contributed by atoms with van der Waals surface area (Å²) in [5.41, 5.74) is 0. The number of amides is 1.